The molecule has 0 aliphatic carbocycles. The fourth-order valence-electron chi connectivity index (χ4n) is 3.29. The van der Waals surface area contributed by atoms with Crippen molar-refractivity contribution in [1.29, 1.82) is 0 Å². The lowest BCUT2D eigenvalue weighted by atomic mass is 10.0. The number of amides is 1. The number of likely N-dealkylation sites (tertiary alicyclic amines) is 1. The van der Waals surface area contributed by atoms with E-state index < -0.39 is 0 Å². The monoisotopic (exact) mass is 369 g/mol. The van der Waals surface area contributed by atoms with Gasteiger partial charge in [0.15, 0.2) is 6.61 Å². The van der Waals surface area contributed by atoms with Crippen LogP contribution in [0.2, 0.25) is 0 Å². The molecule has 0 atom stereocenters. The molecule has 2 heterocycles. The maximum Gasteiger partial charge on any atom is 0.260 e. The number of likely N-dealkylation sites (N-methyl/N-ethyl adjacent to an activating group) is 1. The van der Waals surface area contributed by atoms with Crippen LogP contribution in [0.1, 0.15) is 18.4 Å². The molecular formula is C20H27N5O2. The van der Waals surface area contributed by atoms with Gasteiger partial charge in [-0.1, -0.05) is 30.3 Å². The highest BCUT2D eigenvalue weighted by Gasteiger charge is 2.25. The quantitative estimate of drug-likeness (QED) is 0.805. The summed E-state index contributed by atoms with van der Waals surface area (Å²) in [4.78, 5) is 25.0. The second-order valence-electron chi connectivity index (χ2n) is 6.78. The molecule has 3 rings (SSSR count). The normalized spacial score (nSPS) is 15.3. The van der Waals surface area contributed by atoms with Crippen LogP contribution in [0.25, 0.3) is 0 Å². The van der Waals surface area contributed by atoms with Crippen molar-refractivity contribution >= 4 is 11.7 Å². The Kier molecular flexibility index (Phi) is 6.59. The van der Waals surface area contributed by atoms with E-state index in [-0.39, 0.29) is 18.6 Å². The van der Waals surface area contributed by atoms with Gasteiger partial charge in [0.05, 0.1) is 12.4 Å². The number of nitrogens with one attached hydrogen (secondary N) is 1. The van der Waals surface area contributed by atoms with E-state index in [1.807, 2.05) is 18.0 Å². The number of benzene rings is 1. The average Bonchev–Trinajstić information content (AvgIpc) is 2.73. The van der Waals surface area contributed by atoms with Crippen molar-refractivity contribution in [3.8, 4) is 5.88 Å². The van der Waals surface area contributed by atoms with Crippen LogP contribution in [0.5, 0.6) is 5.88 Å². The van der Waals surface area contributed by atoms with Crippen molar-refractivity contribution in [2.75, 3.05) is 39.1 Å². The smallest absolute Gasteiger partial charge is 0.260 e. The van der Waals surface area contributed by atoms with Gasteiger partial charge in [-0.05, 0) is 18.4 Å². The third-order valence-electron chi connectivity index (χ3n) is 4.96. The minimum absolute atomic E-state index is 0.0252. The molecule has 7 heteroatoms. The predicted molar refractivity (Wildman–Crippen MR) is 105 cm³/mol. The van der Waals surface area contributed by atoms with Crippen LogP contribution in [0.15, 0.2) is 42.7 Å². The number of carbonyl (C=O) groups excluding carboxylic acids is 1. The van der Waals surface area contributed by atoms with E-state index >= 15 is 0 Å². The van der Waals surface area contributed by atoms with E-state index in [9.17, 15) is 4.79 Å². The molecule has 0 spiro atoms. The maximum atomic E-state index is 12.5. The van der Waals surface area contributed by atoms with Gasteiger partial charge in [0.1, 0.15) is 5.82 Å². The van der Waals surface area contributed by atoms with Crippen molar-refractivity contribution in [2.24, 2.45) is 0 Å². The molecule has 1 aromatic carbocycles. The Labute approximate surface area is 160 Å². The minimum Gasteiger partial charge on any atom is -0.466 e. The third-order valence-corrected chi connectivity index (χ3v) is 4.96. The molecule has 1 fully saturated rings. The molecule has 1 aromatic heterocycles. The van der Waals surface area contributed by atoms with Crippen molar-refractivity contribution in [1.82, 2.24) is 19.8 Å². The van der Waals surface area contributed by atoms with Crippen molar-refractivity contribution in [3.05, 3.63) is 48.3 Å². The maximum absolute atomic E-state index is 12.5. The Balaban J connectivity index is 1.44. The van der Waals surface area contributed by atoms with Crippen molar-refractivity contribution in [3.63, 3.8) is 0 Å². The highest BCUT2D eigenvalue weighted by atomic mass is 16.5. The molecule has 1 aliphatic rings. The summed E-state index contributed by atoms with van der Waals surface area (Å²) < 4.78 is 5.51. The number of carbonyl (C=O) groups is 1. The van der Waals surface area contributed by atoms with Gasteiger partial charge in [0.25, 0.3) is 5.91 Å². The van der Waals surface area contributed by atoms with Crippen LogP contribution < -0.4 is 10.1 Å². The number of hydrogen-bond acceptors (Lipinski definition) is 6. The van der Waals surface area contributed by atoms with Gasteiger partial charge < -0.3 is 15.0 Å². The van der Waals surface area contributed by atoms with E-state index in [0.717, 1.165) is 32.5 Å². The summed E-state index contributed by atoms with van der Waals surface area (Å²) in [6.07, 6.45) is 5.06. The first-order chi connectivity index (χ1) is 13.2. The zero-order valence-electron chi connectivity index (χ0n) is 16.0. The third kappa shape index (κ3) is 5.40. The van der Waals surface area contributed by atoms with Gasteiger partial charge in [-0.25, -0.2) is 0 Å². The standard InChI is InChI=1S/C20H27N5O2/c1-21-18-12-22-13-19(23-18)27-15-20(26)24(2)17-8-10-25(11-9-17)14-16-6-4-3-5-7-16/h3-7,12-13,17H,8-11,14-15H2,1-2H3,(H,21,23). The number of anilines is 1. The minimum atomic E-state index is -0.0341. The molecule has 1 amide bonds. The van der Waals surface area contributed by atoms with Crippen LogP contribution in [0.3, 0.4) is 0 Å². The van der Waals surface area contributed by atoms with Crippen molar-refractivity contribution in [2.45, 2.75) is 25.4 Å². The van der Waals surface area contributed by atoms with Crippen LogP contribution in [0.4, 0.5) is 5.82 Å². The van der Waals surface area contributed by atoms with Crippen LogP contribution in [0, 0.1) is 0 Å². The number of rotatable bonds is 7. The molecule has 2 aromatic rings. The number of hydrogen-bond donors (Lipinski definition) is 1. The fourth-order valence-corrected chi connectivity index (χ4v) is 3.29. The van der Waals surface area contributed by atoms with Crippen LogP contribution in [-0.4, -0.2) is 65.5 Å². The van der Waals surface area contributed by atoms with Crippen LogP contribution >= 0.6 is 0 Å². The molecule has 1 N–H and O–H groups in total. The van der Waals surface area contributed by atoms with Gasteiger partial charge in [-0.15, -0.1) is 0 Å². The van der Waals surface area contributed by atoms with Gasteiger partial charge in [-0.2, -0.15) is 4.98 Å². The van der Waals surface area contributed by atoms with Crippen molar-refractivity contribution < 1.29 is 9.53 Å². The topological polar surface area (TPSA) is 70.6 Å². The van der Waals surface area contributed by atoms with E-state index in [1.165, 1.54) is 11.8 Å². The first kappa shape index (κ1) is 19.1. The first-order valence-corrected chi connectivity index (χ1v) is 9.30. The summed E-state index contributed by atoms with van der Waals surface area (Å²) >= 11 is 0. The van der Waals surface area contributed by atoms with Gasteiger partial charge >= 0.3 is 0 Å². The summed E-state index contributed by atoms with van der Waals surface area (Å²) in [7, 11) is 3.62. The highest BCUT2D eigenvalue weighted by Crippen LogP contribution is 2.18. The molecule has 1 aliphatic heterocycles. The Morgan fingerprint density at radius 3 is 2.70 bits per heavy atom. The summed E-state index contributed by atoms with van der Waals surface area (Å²) in [5, 5.41) is 2.90. The Hall–Kier alpha value is -2.67. The summed E-state index contributed by atoms with van der Waals surface area (Å²) in [5.41, 5.74) is 1.33. The second kappa shape index (κ2) is 9.32. The lowest BCUT2D eigenvalue weighted by Gasteiger charge is -2.36. The Morgan fingerprint density at radius 1 is 1.26 bits per heavy atom. The molecule has 1 saturated heterocycles. The SMILES string of the molecule is CNc1cncc(OCC(=O)N(C)C2CCN(Cc3ccccc3)CC2)n1. The molecular weight excluding hydrogens is 342 g/mol. The molecule has 0 radical (unpaired) electrons. The highest BCUT2D eigenvalue weighted by molar-refractivity contribution is 5.77. The number of ether oxygens (including phenoxy) is 1. The van der Waals surface area contributed by atoms with Gasteiger partial charge in [0.2, 0.25) is 5.88 Å². The lowest BCUT2D eigenvalue weighted by Crippen LogP contribution is -2.46. The van der Waals surface area contributed by atoms with Gasteiger partial charge in [0, 0.05) is 39.8 Å². The van der Waals surface area contributed by atoms with E-state index in [0.29, 0.717) is 11.7 Å². The molecule has 144 valence electrons. The molecule has 0 saturated carbocycles. The molecule has 0 bridgehead atoms. The lowest BCUT2D eigenvalue weighted by molar-refractivity contribution is -0.135. The summed E-state index contributed by atoms with van der Waals surface area (Å²) in [6, 6.07) is 10.8. The molecule has 27 heavy (non-hydrogen) atoms. The second-order valence-corrected chi connectivity index (χ2v) is 6.78. The van der Waals surface area contributed by atoms with Gasteiger partial charge in [-0.3, -0.25) is 14.7 Å². The molecule has 0 unspecified atom stereocenters. The zero-order valence-corrected chi connectivity index (χ0v) is 16.0. The number of aromatic nitrogens is 2. The number of piperidine rings is 1. The Morgan fingerprint density at radius 2 is 2.00 bits per heavy atom. The first-order valence-electron chi connectivity index (χ1n) is 9.30. The average molecular weight is 369 g/mol. The van der Waals surface area contributed by atoms with Crippen LogP contribution in [-0.2, 0) is 11.3 Å². The predicted octanol–water partition coefficient (Wildman–Crippen LogP) is 2.02. The molecule has 7 nitrogen and oxygen atoms in total. The summed E-state index contributed by atoms with van der Waals surface area (Å²) in [5.74, 6) is 0.925. The fraction of sp³-hybridized carbons (Fsp3) is 0.450. The zero-order chi connectivity index (χ0) is 19.1. The van der Waals surface area contributed by atoms with E-state index in [2.05, 4.69) is 44.5 Å². The van der Waals surface area contributed by atoms with E-state index in [1.54, 1.807) is 13.2 Å². The van der Waals surface area contributed by atoms with E-state index in [4.69, 9.17) is 4.74 Å². The largest absolute Gasteiger partial charge is 0.466 e. The number of nitrogens with zero attached hydrogens (tertiary/aromatic N) is 4. The summed E-state index contributed by atoms with van der Waals surface area (Å²) in [6.45, 7) is 2.93. The Bertz CT molecular complexity index is 732.